The highest BCUT2D eigenvalue weighted by Gasteiger charge is 2.29. The smallest absolute Gasteiger partial charge is 0.283 e. The second kappa shape index (κ2) is 14.0. The first-order valence-corrected chi connectivity index (χ1v) is 15.0. The molecule has 3 aromatic heterocycles. The van der Waals surface area contributed by atoms with Crippen molar-refractivity contribution in [2.45, 2.75) is 53.0 Å². The van der Waals surface area contributed by atoms with Crippen molar-refractivity contribution in [2.24, 2.45) is 0 Å². The van der Waals surface area contributed by atoms with Gasteiger partial charge in [-0.15, -0.1) is 0 Å². The van der Waals surface area contributed by atoms with Crippen molar-refractivity contribution in [1.82, 2.24) is 19.9 Å². The highest BCUT2D eigenvalue weighted by Crippen LogP contribution is 2.39. The Morgan fingerprint density at radius 3 is 2.47 bits per heavy atom. The molecule has 0 spiro atoms. The molecule has 2 amide bonds. The molecule has 0 saturated carbocycles. The van der Waals surface area contributed by atoms with E-state index >= 15 is 8.78 Å². The summed E-state index contributed by atoms with van der Waals surface area (Å²) in [5, 5.41) is 16.5. The zero-order valence-electron chi connectivity index (χ0n) is 27.4. The number of phenols is 1. The molecule has 0 bridgehead atoms. The molecule has 11 nitrogen and oxygen atoms in total. The van der Waals surface area contributed by atoms with Gasteiger partial charge in [-0.1, -0.05) is 33.4 Å². The van der Waals surface area contributed by atoms with Crippen LogP contribution in [0.1, 0.15) is 51.3 Å². The minimum absolute atomic E-state index is 0.0527. The Labute approximate surface area is 270 Å². The number of aromatic hydroxyl groups is 1. The Morgan fingerprint density at radius 2 is 1.87 bits per heavy atom. The summed E-state index contributed by atoms with van der Waals surface area (Å²) < 4.78 is 37.8. The summed E-state index contributed by atoms with van der Waals surface area (Å²) in [4.78, 5) is 50.2. The van der Waals surface area contributed by atoms with Crippen LogP contribution in [0.25, 0.3) is 28.0 Å². The number of amides is 2. The third-order valence-electron chi connectivity index (χ3n) is 7.65. The van der Waals surface area contributed by atoms with Crippen molar-refractivity contribution >= 4 is 34.2 Å². The van der Waals surface area contributed by atoms with Crippen molar-refractivity contribution < 1.29 is 28.2 Å². The molecule has 0 radical (unpaired) electrons. The molecular formula is C34H38F2N6O5. The number of anilines is 2. The molecule has 1 atom stereocenters. The minimum Gasteiger partial charge on any atom is -0.507 e. The summed E-state index contributed by atoms with van der Waals surface area (Å²) in [5.41, 5.74) is -0.553. The first kappa shape index (κ1) is 34.5. The number of hydrogen-bond acceptors (Lipinski definition) is 8. The van der Waals surface area contributed by atoms with Gasteiger partial charge < -0.3 is 25.4 Å². The highest BCUT2D eigenvalue weighted by molar-refractivity contribution is 6.04. The Hall–Kier alpha value is -5.33. The maximum absolute atomic E-state index is 16.1. The van der Waals surface area contributed by atoms with Gasteiger partial charge in [0.1, 0.15) is 22.9 Å². The number of nitrogens with one attached hydrogen (secondary N) is 2. The number of carbonyl (C=O) groups excluding carboxylic acids is 2. The van der Waals surface area contributed by atoms with Crippen LogP contribution in [0.4, 0.5) is 20.2 Å². The SMILES string of the molecule is C=CC(=O)N[C@H](C)CNc1c(N(C)C(=O)CC)c(=O)n(-c2c(C)cc(OC)nc2C(C)C)c2nc(-c3c(O)cccc3F)c(F)cc12. The summed E-state index contributed by atoms with van der Waals surface area (Å²) in [7, 11) is 2.90. The number of ether oxygens (including phenoxy) is 1. The molecule has 3 N–H and O–H groups in total. The highest BCUT2D eigenvalue weighted by atomic mass is 19.1. The number of aromatic nitrogens is 3. The second-order valence-corrected chi connectivity index (χ2v) is 11.4. The molecule has 13 heteroatoms. The van der Waals surface area contributed by atoms with Crippen LogP contribution < -0.4 is 25.8 Å². The number of fused-ring (bicyclic) bond motifs is 1. The van der Waals surface area contributed by atoms with E-state index in [0.29, 0.717) is 22.8 Å². The van der Waals surface area contributed by atoms with Crippen LogP contribution in [0.3, 0.4) is 0 Å². The second-order valence-electron chi connectivity index (χ2n) is 11.4. The first-order valence-electron chi connectivity index (χ1n) is 15.0. The van der Waals surface area contributed by atoms with Crippen molar-refractivity contribution in [3.8, 4) is 28.6 Å². The molecule has 1 aromatic carbocycles. The Balaban J connectivity index is 2.22. The van der Waals surface area contributed by atoms with E-state index in [2.05, 4.69) is 27.2 Å². The van der Waals surface area contributed by atoms with Gasteiger partial charge in [0.15, 0.2) is 11.5 Å². The predicted molar refractivity (Wildman–Crippen MR) is 178 cm³/mol. The molecule has 47 heavy (non-hydrogen) atoms. The van der Waals surface area contributed by atoms with Gasteiger partial charge in [0.05, 0.1) is 29.7 Å². The zero-order valence-corrected chi connectivity index (χ0v) is 27.4. The van der Waals surface area contributed by atoms with Crippen LogP contribution in [0, 0.1) is 18.6 Å². The number of phenolic OH excluding ortho intramolecular Hbond substituents is 1. The Kier molecular flexibility index (Phi) is 10.3. The van der Waals surface area contributed by atoms with Gasteiger partial charge in [-0.25, -0.2) is 18.7 Å². The summed E-state index contributed by atoms with van der Waals surface area (Å²) >= 11 is 0. The van der Waals surface area contributed by atoms with Gasteiger partial charge in [0, 0.05) is 37.5 Å². The largest absolute Gasteiger partial charge is 0.507 e. The van der Waals surface area contributed by atoms with E-state index < -0.39 is 52.1 Å². The lowest BCUT2D eigenvalue weighted by molar-refractivity contribution is -0.118. The number of hydrogen-bond donors (Lipinski definition) is 3. The maximum Gasteiger partial charge on any atom is 0.283 e. The third-order valence-corrected chi connectivity index (χ3v) is 7.65. The molecule has 0 aliphatic carbocycles. The van der Waals surface area contributed by atoms with E-state index in [-0.39, 0.29) is 41.3 Å². The average molecular weight is 649 g/mol. The monoisotopic (exact) mass is 648 g/mol. The molecule has 0 aliphatic rings. The number of benzene rings is 1. The first-order chi connectivity index (χ1) is 22.2. The van der Waals surface area contributed by atoms with Crippen molar-refractivity contribution in [1.29, 1.82) is 0 Å². The number of methoxy groups -OCH3 is 1. The zero-order chi connectivity index (χ0) is 34.7. The maximum atomic E-state index is 16.1. The number of rotatable bonds is 11. The average Bonchev–Trinajstić information content (AvgIpc) is 3.03. The number of halogens is 2. The van der Waals surface area contributed by atoms with Crippen molar-refractivity contribution in [3.05, 3.63) is 76.2 Å². The molecular weight excluding hydrogens is 610 g/mol. The fraction of sp³-hybridized carbons (Fsp3) is 0.324. The molecule has 0 unspecified atom stereocenters. The molecule has 3 heterocycles. The Morgan fingerprint density at radius 1 is 1.17 bits per heavy atom. The van der Waals surface area contributed by atoms with Crippen LogP contribution >= 0.6 is 0 Å². The summed E-state index contributed by atoms with van der Waals surface area (Å²) in [6.45, 7) is 12.3. The number of carbonyl (C=O) groups is 2. The lowest BCUT2D eigenvalue weighted by atomic mass is 10.0. The van der Waals surface area contributed by atoms with Gasteiger partial charge in [-0.05, 0) is 49.6 Å². The molecule has 0 aliphatic heterocycles. The molecule has 248 valence electrons. The third kappa shape index (κ3) is 6.64. The van der Waals surface area contributed by atoms with Crippen LogP contribution in [-0.2, 0) is 9.59 Å². The van der Waals surface area contributed by atoms with E-state index in [1.165, 1.54) is 35.8 Å². The van der Waals surface area contributed by atoms with E-state index in [4.69, 9.17) is 4.74 Å². The minimum atomic E-state index is -0.997. The molecule has 0 fully saturated rings. The van der Waals surface area contributed by atoms with Gasteiger partial charge >= 0.3 is 0 Å². The van der Waals surface area contributed by atoms with Crippen LogP contribution in [0.2, 0.25) is 0 Å². The molecule has 4 rings (SSSR count). The summed E-state index contributed by atoms with van der Waals surface area (Å²) in [5.74, 6) is -3.25. The van der Waals surface area contributed by atoms with Gasteiger partial charge in [-0.2, -0.15) is 0 Å². The fourth-order valence-corrected chi connectivity index (χ4v) is 5.32. The van der Waals surface area contributed by atoms with Crippen LogP contribution in [-0.4, -0.2) is 58.2 Å². The summed E-state index contributed by atoms with van der Waals surface area (Å²) in [6, 6.07) is 5.73. The van der Waals surface area contributed by atoms with E-state index in [9.17, 15) is 19.5 Å². The van der Waals surface area contributed by atoms with Gasteiger partial charge in [0.2, 0.25) is 17.7 Å². The van der Waals surface area contributed by atoms with E-state index in [0.717, 1.165) is 18.2 Å². The number of nitrogens with zero attached hydrogens (tertiary/aromatic N) is 4. The van der Waals surface area contributed by atoms with Gasteiger partial charge in [-0.3, -0.25) is 19.0 Å². The summed E-state index contributed by atoms with van der Waals surface area (Å²) in [6.07, 6.45) is 1.17. The topological polar surface area (TPSA) is 139 Å². The fourth-order valence-electron chi connectivity index (χ4n) is 5.32. The number of pyridine rings is 3. The number of aryl methyl sites for hydroxylation is 1. The van der Waals surface area contributed by atoms with E-state index in [1.807, 2.05) is 13.8 Å². The normalized spacial score (nSPS) is 11.8. The van der Waals surface area contributed by atoms with E-state index in [1.54, 1.807) is 26.8 Å². The standard InChI is InChI=1S/C34H38F2N6O5/c1-9-24(44)38-19(6)16-37-29-20-15-22(36)30(27-21(35)12-11-13-23(27)43)40-33(20)42(34(46)32(29)41(7)26(45)10-2)31-18(5)14-25(47-8)39-28(31)17(3)4/h9,11-15,17,19,37,43H,1,10,16H2,2-8H3,(H,38,44)/t19-/m1/s1. The lowest BCUT2D eigenvalue weighted by Crippen LogP contribution is -2.38. The van der Waals surface area contributed by atoms with Crippen LogP contribution in [0.5, 0.6) is 11.6 Å². The quantitative estimate of drug-likeness (QED) is 0.185. The van der Waals surface area contributed by atoms with Gasteiger partial charge in [0.25, 0.3) is 5.56 Å². The molecule has 4 aromatic rings. The lowest BCUT2D eigenvalue weighted by Gasteiger charge is -2.26. The molecule has 0 saturated heterocycles. The van der Waals surface area contributed by atoms with Crippen molar-refractivity contribution in [3.63, 3.8) is 0 Å². The predicted octanol–water partition coefficient (Wildman–Crippen LogP) is 5.35. The van der Waals surface area contributed by atoms with Crippen LogP contribution in [0.15, 0.2) is 47.8 Å². The van der Waals surface area contributed by atoms with Crippen molar-refractivity contribution in [2.75, 3.05) is 30.9 Å². The Bertz CT molecular complexity index is 1920.